The van der Waals surface area contributed by atoms with Gasteiger partial charge >= 0.3 is 6.18 Å². The maximum Gasteiger partial charge on any atom is 0.390 e. The Morgan fingerprint density at radius 2 is 2.12 bits per heavy atom. The first-order valence-electron chi connectivity index (χ1n) is 4.72. The molecule has 0 N–H and O–H groups in total. The summed E-state index contributed by atoms with van der Waals surface area (Å²) < 4.78 is 35.9. The lowest BCUT2D eigenvalue weighted by Crippen LogP contribution is -2.24. The Kier molecular flexibility index (Phi) is 4.56. The van der Waals surface area contributed by atoms with Gasteiger partial charge in [0.2, 0.25) is 0 Å². The third-order valence-electron chi connectivity index (χ3n) is 2.02. The summed E-state index contributed by atoms with van der Waals surface area (Å²) in [5, 5.41) is 0.349. The van der Waals surface area contributed by atoms with Crippen LogP contribution in [0.1, 0.15) is 12.0 Å². The van der Waals surface area contributed by atoms with Crippen molar-refractivity contribution in [3.05, 3.63) is 29.0 Å². The molecule has 0 saturated carbocycles. The summed E-state index contributed by atoms with van der Waals surface area (Å²) in [4.78, 5) is 5.40. The number of alkyl halides is 3. The summed E-state index contributed by atoms with van der Waals surface area (Å²) in [6.45, 7) is 0.405. The van der Waals surface area contributed by atoms with E-state index in [4.69, 9.17) is 11.6 Å². The van der Waals surface area contributed by atoms with E-state index >= 15 is 0 Å². The Morgan fingerprint density at radius 3 is 2.69 bits per heavy atom. The second-order valence-electron chi connectivity index (χ2n) is 3.59. The summed E-state index contributed by atoms with van der Waals surface area (Å²) in [7, 11) is 1.64. The van der Waals surface area contributed by atoms with Crippen LogP contribution in [0.3, 0.4) is 0 Å². The molecule has 0 radical (unpaired) electrons. The summed E-state index contributed by atoms with van der Waals surface area (Å²) in [6, 6.07) is 3.38. The van der Waals surface area contributed by atoms with Crippen molar-refractivity contribution in [1.82, 2.24) is 9.88 Å². The molecule has 1 heterocycles. The third kappa shape index (κ3) is 5.32. The first kappa shape index (κ1) is 13.3. The number of aromatic nitrogens is 1. The lowest BCUT2D eigenvalue weighted by Gasteiger charge is -2.17. The van der Waals surface area contributed by atoms with Gasteiger partial charge in [-0.2, -0.15) is 13.2 Å². The van der Waals surface area contributed by atoms with Crippen molar-refractivity contribution in [2.45, 2.75) is 19.1 Å². The first-order chi connectivity index (χ1) is 7.37. The van der Waals surface area contributed by atoms with Gasteiger partial charge in [-0.25, -0.2) is 4.98 Å². The lowest BCUT2D eigenvalue weighted by molar-refractivity contribution is -0.137. The van der Waals surface area contributed by atoms with E-state index in [1.807, 2.05) is 0 Å². The van der Waals surface area contributed by atoms with Gasteiger partial charge < -0.3 is 4.90 Å². The van der Waals surface area contributed by atoms with Gasteiger partial charge in [0.05, 0.1) is 6.42 Å². The van der Waals surface area contributed by atoms with Crippen LogP contribution in [0.4, 0.5) is 13.2 Å². The SMILES string of the molecule is CN(CCC(F)(F)F)Cc1ccnc(Cl)c1. The molecule has 0 atom stereocenters. The molecule has 0 saturated heterocycles. The molecule has 0 bridgehead atoms. The van der Waals surface area contributed by atoms with Crippen LogP contribution in [0.15, 0.2) is 18.3 Å². The molecule has 0 aromatic carbocycles. The zero-order valence-electron chi connectivity index (χ0n) is 8.76. The maximum atomic E-state index is 12.0. The van der Waals surface area contributed by atoms with Crippen molar-refractivity contribution < 1.29 is 13.2 Å². The van der Waals surface area contributed by atoms with Crippen LogP contribution in [0.5, 0.6) is 0 Å². The Labute approximate surface area is 97.0 Å². The van der Waals surface area contributed by atoms with Crippen LogP contribution < -0.4 is 0 Å². The summed E-state index contributed by atoms with van der Waals surface area (Å²) in [5.74, 6) is 0. The first-order valence-corrected chi connectivity index (χ1v) is 5.10. The maximum absolute atomic E-state index is 12.0. The standard InChI is InChI=1S/C10H12ClF3N2/c1-16(5-3-10(12,13)14)7-8-2-4-15-9(11)6-8/h2,4,6H,3,5,7H2,1H3. The Balaban J connectivity index is 2.43. The molecule has 1 aromatic rings. The molecule has 0 aliphatic rings. The van der Waals surface area contributed by atoms with Crippen molar-refractivity contribution in [2.75, 3.05) is 13.6 Å². The highest BCUT2D eigenvalue weighted by molar-refractivity contribution is 6.29. The molecule has 0 amide bonds. The van der Waals surface area contributed by atoms with E-state index in [0.29, 0.717) is 11.7 Å². The van der Waals surface area contributed by atoms with Gasteiger partial charge in [0.1, 0.15) is 5.15 Å². The van der Waals surface area contributed by atoms with Gasteiger partial charge in [0.15, 0.2) is 0 Å². The molecule has 1 rings (SSSR count). The topological polar surface area (TPSA) is 16.1 Å². The van der Waals surface area contributed by atoms with Crippen molar-refractivity contribution >= 4 is 11.6 Å². The monoisotopic (exact) mass is 252 g/mol. The van der Waals surface area contributed by atoms with Crippen molar-refractivity contribution in [3.63, 3.8) is 0 Å². The van der Waals surface area contributed by atoms with Gasteiger partial charge in [0, 0.05) is 19.3 Å². The molecule has 1 aromatic heterocycles. The summed E-state index contributed by atoms with van der Waals surface area (Å²) in [5.41, 5.74) is 0.852. The fourth-order valence-electron chi connectivity index (χ4n) is 1.25. The molecular formula is C10H12ClF3N2. The second kappa shape index (κ2) is 5.50. The lowest BCUT2D eigenvalue weighted by atomic mass is 10.2. The molecule has 2 nitrogen and oxygen atoms in total. The number of rotatable bonds is 4. The van der Waals surface area contributed by atoms with E-state index in [1.54, 1.807) is 24.1 Å². The van der Waals surface area contributed by atoms with Gasteiger partial charge in [-0.3, -0.25) is 0 Å². The predicted octanol–water partition coefficient (Wildman–Crippen LogP) is 3.12. The molecule has 0 aliphatic heterocycles. The number of pyridine rings is 1. The molecular weight excluding hydrogens is 241 g/mol. The van der Waals surface area contributed by atoms with Crippen LogP contribution in [0.25, 0.3) is 0 Å². The van der Waals surface area contributed by atoms with Gasteiger partial charge in [-0.05, 0) is 24.7 Å². The van der Waals surface area contributed by atoms with E-state index in [1.165, 1.54) is 6.20 Å². The fraction of sp³-hybridized carbons (Fsp3) is 0.500. The average molecular weight is 253 g/mol. The Bertz CT molecular complexity index is 341. The van der Waals surface area contributed by atoms with Crippen LogP contribution in [0.2, 0.25) is 5.15 Å². The second-order valence-corrected chi connectivity index (χ2v) is 3.98. The highest BCUT2D eigenvalue weighted by Gasteiger charge is 2.26. The molecule has 6 heteroatoms. The van der Waals surface area contributed by atoms with Gasteiger partial charge in [-0.1, -0.05) is 11.6 Å². The van der Waals surface area contributed by atoms with Crippen LogP contribution in [0, 0.1) is 0 Å². The molecule has 16 heavy (non-hydrogen) atoms. The number of hydrogen-bond acceptors (Lipinski definition) is 2. The number of hydrogen-bond donors (Lipinski definition) is 0. The molecule has 0 spiro atoms. The van der Waals surface area contributed by atoms with Crippen molar-refractivity contribution in [2.24, 2.45) is 0 Å². The van der Waals surface area contributed by atoms with Crippen LogP contribution >= 0.6 is 11.6 Å². The van der Waals surface area contributed by atoms with E-state index in [-0.39, 0.29) is 6.54 Å². The zero-order valence-corrected chi connectivity index (χ0v) is 9.52. The highest BCUT2D eigenvalue weighted by Crippen LogP contribution is 2.20. The highest BCUT2D eigenvalue weighted by atomic mass is 35.5. The van der Waals surface area contributed by atoms with Gasteiger partial charge in [-0.15, -0.1) is 0 Å². The Morgan fingerprint density at radius 1 is 1.44 bits per heavy atom. The Hall–Kier alpha value is -0.810. The minimum atomic E-state index is -4.11. The quantitative estimate of drug-likeness (QED) is 0.766. The normalized spacial score (nSPS) is 12.1. The molecule has 0 aliphatic carbocycles. The molecule has 90 valence electrons. The average Bonchev–Trinajstić information content (AvgIpc) is 2.14. The van der Waals surface area contributed by atoms with Crippen LogP contribution in [-0.2, 0) is 6.54 Å². The summed E-state index contributed by atoms with van der Waals surface area (Å²) >= 11 is 5.67. The largest absolute Gasteiger partial charge is 0.390 e. The predicted molar refractivity (Wildman–Crippen MR) is 56.3 cm³/mol. The van der Waals surface area contributed by atoms with E-state index in [2.05, 4.69) is 4.98 Å². The number of halogens is 4. The summed E-state index contributed by atoms with van der Waals surface area (Å²) in [6.07, 6.45) is -3.37. The number of nitrogens with zero attached hydrogens (tertiary/aromatic N) is 2. The smallest absolute Gasteiger partial charge is 0.302 e. The van der Waals surface area contributed by atoms with Crippen molar-refractivity contribution in [1.29, 1.82) is 0 Å². The third-order valence-corrected chi connectivity index (χ3v) is 2.23. The fourth-order valence-corrected chi connectivity index (χ4v) is 1.45. The molecule has 0 unspecified atom stereocenters. The van der Waals surface area contributed by atoms with Crippen LogP contribution in [-0.4, -0.2) is 29.7 Å². The zero-order chi connectivity index (χ0) is 12.2. The van der Waals surface area contributed by atoms with Gasteiger partial charge in [0.25, 0.3) is 0 Å². The van der Waals surface area contributed by atoms with E-state index < -0.39 is 12.6 Å². The van der Waals surface area contributed by atoms with Crippen molar-refractivity contribution in [3.8, 4) is 0 Å². The molecule has 0 fully saturated rings. The van der Waals surface area contributed by atoms with E-state index in [9.17, 15) is 13.2 Å². The van der Waals surface area contributed by atoms with E-state index in [0.717, 1.165) is 5.56 Å². The minimum absolute atomic E-state index is 0.0244. The minimum Gasteiger partial charge on any atom is -0.302 e.